The molecular formula is C19H37N7O5S2. The summed E-state index contributed by atoms with van der Waals surface area (Å²) < 4.78 is 0. The summed E-state index contributed by atoms with van der Waals surface area (Å²) in [6.07, 6.45) is 2.64. The molecule has 0 heterocycles. The van der Waals surface area contributed by atoms with Gasteiger partial charge in [0.1, 0.15) is 18.1 Å². The third-order valence-corrected chi connectivity index (χ3v) is 5.62. The van der Waals surface area contributed by atoms with E-state index in [0.717, 1.165) is 0 Å². The minimum Gasteiger partial charge on any atom is -0.480 e. The molecule has 0 saturated carbocycles. The summed E-state index contributed by atoms with van der Waals surface area (Å²) in [5, 5.41) is 17.0. The largest absolute Gasteiger partial charge is 0.480 e. The third-order valence-electron chi connectivity index (χ3n) is 4.58. The number of carbonyl (C=O) groups is 4. The maximum absolute atomic E-state index is 13.0. The van der Waals surface area contributed by atoms with Crippen LogP contribution in [0.2, 0.25) is 0 Å². The van der Waals surface area contributed by atoms with Crippen molar-refractivity contribution in [3.8, 4) is 0 Å². The second kappa shape index (κ2) is 16.4. The van der Waals surface area contributed by atoms with E-state index in [0.29, 0.717) is 12.2 Å². The smallest absolute Gasteiger partial charge is 0.326 e. The van der Waals surface area contributed by atoms with Crippen molar-refractivity contribution in [2.24, 2.45) is 28.1 Å². The molecule has 0 aliphatic heterocycles. The number of carbonyl (C=O) groups excluding carboxylic acids is 3. The highest BCUT2D eigenvalue weighted by molar-refractivity contribution is 7.98. The lowest BCUT2D eigenvalue weighted by atomic mass is 10.0. The Morgan fingerprint density at radius 2 is 1.61 bits per heavy atom. The fourth-order valence-electron chi connectivity index (χ4n) is 2.68. The maximum atomic E-state index is 13.0. The zero-order chi connectivity index (χ0) is 25.6. The fourth-order valence-corrected chi connectivity index (χ4v) is 3.31. The van der Waals surface area contributed by atoms with Gasteiger partial charge in [0.05, 0.1) is 6.04 Å². The van der Waals surface area contributed by atoms with Gasteiger partial charge in [-0.15, -0.1) is 0 Å². The molecule has 14 heteroatoms. The molecule has 0 aromatic carbocycles. The van der Waals surface area contributed by atoms with Gasteiger partial charge in [0, 0.05) is 12.3 Å². The number of thioether (sulfide) groups is 1. The molecule has 4 atom stereocenters. The van der Waals surface area contributed by atoms with Gasteiger partial charge < -0.3 is 38.3 Å². The van der Waals surface area contributed by atoms with Crippen molar-refractivity contribution in [1.82, 2.24) is 16.0 Å². The zero-order valence-electron chi connectivity index (χ0n) is 19.2. The number of guanidine groups is 1. The highest BCUT2D eigenvalue weighted by Crippen LogP contribution is 2.08. The van der Waals surface area contributed by atoms with E-state index in [2.05, 4.69) is 33.6 Å². The topological polar surface area (TPSA) is 215 Å². The van der Waals surface area contributed by atoms with Crippen molar-refractivity contribution >= 4 is 54.0 Å². The van der Waals surface area contributed by atoms with Crippen LogP contribution in [0.1, 0.15) is 33.1 Å². The number of nitrogens with one attached hydrogen (secondary N) is 3. The number of carboxylic acids is 1. The Kier molecular flexibility index (Phi) is 15.3. The van der Waals surface area contributed by atoms with Crippen molar-refractivity contribution in [1.29, 1.82) is 0 Å². The first-order valence-electron chi connectivity index (χ1n) is 10.5. The Labute approximate surface area is 204 Å². The van der Waals surface area contributed by atoms with Crippen LogP contribution in [0, 0.1) is 5.92 Å². The van der Waals surface area contributed by atoms with Gasteiger partial charge in [0.15, 0.2) is 5.96 Å². The van der Waals surface area contributed by atoms with Gasteiger partial charge >= 0.3 is 5.97 Å². The number of hydrogen-bond donors (Lipinski definition) is 8. The van der Waals surface area contributed by atoms with Gasteiger partial charge in [-0.3, -0.25) is 19.4 Å². The number of thiol groups is 1. The van der Waals surface area contributed by atoms with Crippen LogP contribution in [0.4, 0.5) is 0 Å². The first-order valence-corrected chi connectivity index (χ1v) is 12.5. The lowest BCUT2D eigenvalue weighted by Crippen LogP contribution is -2.58. The minimum absolute atomic E-state index is 0.0812. The highest BCUT2D eigenvalue weighted by Gasteiger charge is 2.31. The van der Waals surface area contributed by atoms with Crippen molar-refractivity contribution in [3.05, 3.63) is 0 Å². The summed E-state index contributed by atoms with van der Waals surface area (Å²) in [5.41, 5.74) is 16.3. The molecule has 0 rings (SSSR count). The molecule has 0 aromatic rings. The molecule has 0 fully saturated rings. The molecule has 4 unspecified atom stereocenters. The third kappa shape index (κ3) is 12.6. The number of hydrogen-bond acceptors (Lipinski definition) is 8. The number of aliphatic imine (C=N–C) groups is 1. The summed E-state index contributed by atoms with van der Waals surface area (Å²) in [6, 6.07) is -4.01. The molecule has 0 spiro atoms. The maximum Gasteiger partial charge on any atom is 0.326 e. The Hall–Kier alpha value is -2.19. The zero-order valence-corrected chi connectivity index (χ0v) is 21.0. The molecular weight excluding hydrogens is 470 g/mol. The summed E-state index contributed by atoms with van der Waals surface area (Å²) in [7, 11) is 0. The molecule has 190 valence electrons. The summed E-state index contributed by atoms with van der Waals surface area (Å²) >= 11 is 5.44. The number of rotatable bonds is 16. The van der Waals surface area contributed by atoms with E-state index in [1.165, 1.54) is 11.8 Å². The standard InChI is InChI=1S/C19H37N7O5S2/c1-10(2)14(17(29)25-13(18(30)31)6-8-33-3)26-16(28)12(5-4-7-23-19(21)22)24-15(27)11(20)9-32/h10-14,32H,4-9,20H2,1-3H3,(H,24,27)(H,25,29)(H,26,28)(H,30,31)(H4,21,22,23). The predicted molar refractivity (Wildman–Crippen MR) is 133 cm³/mol. The van der Waals surface area contributed by atoms with Crippen LogP contribution < -0.4 is 33.2 Å². The van der Waals surface area contributed by atoms with Crippen LogP contribution in [-0.2, 0) is 19.2 Å². The van der Waals surface area contributed by atoms with Crippen LogP contribution in [0.5, 0.6) is 0 Å². The van der Waals surface area contributed by atoms with Gasteiger partial charge in [-0.25, -0.2) is 4.79 Å². The van der Waals surface area contributed by atoms with Crippen molar-refractivity contribution < 1.29 is 24.3 Å². The van der Waals surface area contributed by atoms with Crippen LogP contribution in [0.25, 0.3) is 0 Å². The first kappa shape index (κ1) is 30.8. The predicted octanol–water partition coefficient (Wildman–Crippen LogP) is -1.75. The molecule has 12 nitrogen and oxygen atoms in total. The average Bonchev–Trinajstić information content (AvgIpc) is 2.75. The average molecular weight is 508 g/mol. The Bertz CT molecular complexity index is 689. The van der Waals surface area contributed by atoms with E-state index in [-0.39, 0.29) is 37.0 Å². The number of amides is 3. The van der Waals surface area contributed by atoms with Crippen molar-refractivity contribution in [2.75, 3.05) is 24.3 Å². The molecule has 10 N–H and O–H groups in total. The van der Waals surface area contributed by atoms with Crippen molar-refractivity contribution in [2.45, 2.75) is 57.3 Å². The second-order valence-electron chi connectivity index (χ2n) is 7.71. The summed E-state index contributed by atoms with van der Waals surface area (Å²) in [5.74, 6) is -2.76. The lowest BCUT2D eigenvalue weighted by Gasteiger charge is -2.27. The molecule has 0 aliphatic carbocycles. The summed E-state index contributed by atoms with van der Waals surface area (Å²) in [4.78, 5) is 53.3. The van der Waals surface area contributed by atoms with E-state index < -0.39 is 47.9 Å². The van der Waals surface area contributed by atoms with E-state index >= 15 is 0 Å². The number of aliphatic carboxylic acids is 1. The number of nitrogens with two attached hydrogens (primary N) is 3. The molecule has 3 amide bonds. The van der Waals surface area contributed by atoms with E-state index in [9.17, 15) is 24.3 Å². The number of carboxylic acid groups (broad SMARTS) is 1. The Balaban J connectivity index is 5.40. The van der Waals surface area contributed by atoms with Crippen LogP contribution >= 0.6 is 24.4 Å². The molecule has 0 aromatic heterocycles. The molecule has 0 saturated heterocycles. The quantitative estimate of drug-likeness (QED) is 0.0513. The fraction of sp³-hybridized carbons (Fsp3) is 0.737. The Morgan fingerprint density at radius 3 is 2.09 bits per heavy atom. The lowest BCUT2D eigenvalue weighted by molar-refractivity contribution is -0.142. The van der Waals surface area contributed by atoms with Gasteiger partial charge in [-0.1, -0.05) is 13.8 Å². The molecule has 0 radical (unpaired) electrons. The second-order valence-corrected chi connectivity index (χ2v) is 9.06. The molecule has 0 aliphatic rings. The highest BCUT2D eigenvalue weighted by atomic mass is 32.2. The monoisotopic (exact) mass is 507 g/mol. The van der Waals surface area contributed by atoms with Crippen LogP contribution in [0.15, 0.2) is 4.99 Å². The van der Waals surface area contributed by atoms with E-state index in [1.54, 1.807) is 13.8 Å². The SMILES string of the molecule is CSCCC(NC(=O)C(NC(=O)C(CCCN=C(N)N)NC(=O)C(N)CS)C(C)C)C(=O)O. The first-order chi connectivity index (χ1) is 15.4. The van der Waals surface area contributed by atoms with Gasteiger partial charge in [-0.05, 0) is 37.2 Å². The summed E-state index contributed by atoms with van der Waals surface area (Å²) in [6.45, 7) is 3.67. The molecule has 0 bridgehead atoms. The van der Waals surface area contributed by atoms with Gasteiger partial charge in [-0.2, -0.15) is 24.4 Å². The Morgan fingerprint density at radius 1 is 1.00 bits per heavy atom. The van der Waals surface area contributed by atoms with Crippen LogP contribution in [-0.4, -0.2) is 83.2 Å². The molecule has 33 heavy (non-hydrogen) atoms. The van der Waals surface area contributed by atoms with Gasteiger partial charge in [0.2, 0.25) is 17.7 Å². The van der Waals surface area contributed by atoms with E-state index in [4.69, 9.17) is 17.2 Å². The minimum atomic E-state index is -1.16. The van der Waals surface area contributed by atoms with Crippen LogP contribution in [0.3, 0.4) is 0 Å². The normalized spacial score (nSPS) is 14.5. The number of nitrogens with zero attached hydrogens (tertiary/aromatic N) is 1. The van der Waals surface area contributed by atoms with Crippen molar-refractivity contribution in [3.63, 3.8) is 0 Å². The van der Waals surface area contributed by atoms with Gasteiger partial charge in [0.25, 0.3) is 0 Å². The van der Waals surface area contributed by atoms with E-state index in [1.807, 2.05) is 6.26 Å².